The van der Waals surface area contributed by atoms with Crippen molar-refractivity contribution in [2.45, 2.75) is 39.0 Å². The lowest BCUT2D eigenvalue weighted by atomic mass is 10.0. The zero-order valence-electron chi connectivity index (χ0n) is 9.79. The fourth-order valence-corrected chi connectivity index (χ4v) is 2.17. The molecule has 0 unspecified atom stereocenters. The highest BCUT2D eigenvalue weighted by Crippen LogP contribution is 2.23. The van der Waals surface area contributed by atoms with Gasteiger partial charge in [-0.05, 0) is 42.4 Å². The average Bonchev–Trinajstić information content (AvgIpc) is 2.73. The van der Waals surface area contributed by atoms with E-state index < -0.39 is 0 Å². The molecule has 0 radical (unpaired) electrons. The van der Waals surface area contributed by atoms with E-state index in [1.165, 1.54) is 24.0 Å². The molecular formula is C14H18O2. The van der Waals surface area contributed by atoms with E-state index in [-0.39, 0.29) is 5.97 Å². The van der Waals surface area contributed by atoms with E-state index in [1.54, 1.807) is 0 Å². The average molecular weight is 218 g/mol. The zero-order chi connectivity index (χ0) is 11.4. The molecule has 0 spiro atoms. The van der Waals surface area contributed by atoms with Crippen LogP contribution in [0.1, 0.15) is 36.5 Å². The van der Waals surface area contributed by atoms with Crippen molar-refractivity contribution in [3.05, 3.63) is 34.9 Å². The summed E-state index contributed by atoms with van der Waals surface area (Å²) in [7, 11) is 0. The molecule has 0 aromatic heterocycles. The largest absolute Gasteiger partial charge is 0.465 e. The van der Waals surface area contributed by atoms with E-state index >= 15 is 0 Å². The van der Waals surface area contributed by atoms with E-state index in [2.05, 4.69) is 18.2 Å². The van der Waals surface area contributed by atoms with Gasteiger partial charge in [0.15, 0.2) is 0 Å². The van der Waals surface area contributed by atoms with Crippen molar-refractivity contribution in [2.75, 3.05) is 6.61 Å². The molecule has 2 heteroatoms. The Morgan fingerprint density at radius 1 is 1.31 bits per heavy atom. The number of benzene rings is 1. The Morgan fingerprint density at radius 2 is 2.12 bits per heavy atom. The summed E-state index contributed by atoms with van der Waals surface area (Å²) in [6.45, 7) is 2.53. The summed E-state index contributed by atoms with van der Waals surface area (Å²) >= 11 is 0. The summed E-state index contributed by atoms with van der Waals surface area (Å²) < 4.78 is 5.08. The molecule has 0 bridgehead atoms. The first-order valence-corrected chi connectivity index (χ1v) is 6.06. The highest BCUT2D eigenvalue weighted by Gasteiger charge is 2.12. The molecule has 2 rings (SSSR count). The van der Waals surface area contributed by atoms with Gasteiger partial charge in [-0.2, -0.15) is 0 Å². The minimum absolute atomic E-state index is 0.111. The lowest BCUT2D eigenvalue weighted by Gasteiger charge is -2.05. The molecule has 0 fully saturated rings. The molecule has 0 N–H and O–H groups in total. The van der Waals surface area contributed by atoms with Gasteiger partial charge in [-0.25, -0.2) is 0 Å². The van der Waals surface area contributed by atoms with Crippen LogP contribution in [0, 0.1) is 0 Å². The van der Waals surface area contributed by atoms with Crippen molar-refractivity contribution < 1.29 is 9.53 Å². The maximum Gasteiger partial charge on any atom is 0.310 e. The molecule has 0 aliphatic heterocycles. The predicted octanol–water partition coefficient (Wildman–Crippen LogP) is 2.67. The SMILES string of the molecule is CCCOC(=O)Cc1ccc2c(c1)CCC2. The van der Waals surface area contributed by atoms with Gasteiger partial charge in [0.2, 0.25) is 0 Å². The van der Waals surface area contributed by atoms with Crippen molar-refractivity contribution in [1.82, 2.24) is 0 Å². The van der Waals surface area contributed by atoms with Crippen LogP contribution in [-0.2, 0) is 28.8 Å². The van der Waals surface area contributed by atoms with Gasteiger partial charge in [0.05, 0.1) is 13.0 Å². The highest BCUT2D eigenvalue weighted by atomic mass is 16.5. The maximum atomic E-state index is 11.4. The minimum Gasteiger partial charge on any atom is -0.465 e. The number of aryl methyl sites for hydroxylation is 2. The van der Waals surface area contributed by atoms with Crippen LogP contribution in [0.15, 0.2) is 18.2 Å². The molecule has 86 valence electrons. The number of fused-ring (bicyclic) bond motifs is 1. The Morgan fingerprint density at radius 3 is 2.94 bits per heavy atom. The smallest absolute Gasteiger partial charge is 0.310 e. The lowest BCUT2D eigenvalue weighted by molar-refractivity contribution is -0.142. The van der Waals surface area contributed by atoms with Crippen LogP contribution < -0.4 is 0 Å². The second-order valence-electron chi connectivity index (χ2n) is 4.35. The fourth-order valence-electron chi connectivity index (χ4n) is 2.17. The molecule has 1 aliphatic carbocycles. The molecule has 2 nitrogen and oxygen atoms in total. The quantitative estimate of drug-likeness (QED) is 0.726. The Labute approximate surface area is 96.6 Å². The van der Waals surface area contributed by atoms with Crippen molar-refractivity contribution in [2.24, 2.45) is 0 Å². The summed E-state index contributed by atoms with van der Waals surface area (Å²) in [5.74, 6) is -0.111. The molecule has 0 saturated heterocycles. The molecule has 1 aromatic rings. The number of rotatable bonds is 4. The first kappa shape index (κ1) is 11.2. The number of hydrogen-bond donors (Lipinski definition) is 0. The second kappa shape index (κ2) is 5.15. The molecule has 0 amide bonds. The van der Waals surface area contributed by atoms with E-state index in [0.717, 1.165) is 18.4 Å². The normalized spacial score (nSPS) is 13.6. The van der Waals surface area contributed by atoms with Crippen LogP contribution in [0.25, 0.3) is 0 Å². The minimum atomic E-state index is -0.111. The van der Waals surface area contributed by atoms with E-state index in [1.807, 2.05) is 6.92 Å². The van der Waals surface area contributed by atoms with Crippen LogP contribution in [0.4, 0.5) is 0 Å². The van der Waals surface area contributed by atoms with Crippen LogP contribution >= 0.6 is 0 Å². The lowest BCUT2D eigenvalue weighted by Crippen LogP contribution is -2.08. The Hall–Kier alpha value is -1.31. The first-order chi connectivity index (χ1) is 7.79. The number of ether oxygens (including phenoxy) is 1. The molecule has 1 aromatic carbocycles. The predicted molar refractivity (Wildman–Crippen MR) is 63.4 cm³/mol. The van der Waals surface area contributed by atoms with Crippen LogP contribution in [0.5, 0.6) is 0 Å². The van der Waals surface area contributed by atoms with Crippen molar-refractivity contribution in [3.8, 4) is 0 Å². The van der Waals surface area contributed by atoms with Crippen molar-refractivity contribution in [1.29, 1.82) is 0 Å². The molecular weight excluding hydrogens is 200 g/mol. The van der Waals surface area contributed by atoms with Gasteiger partial charge in [-0.15, -0.1) is 0 Å². The Balaban J connectivity index is 1.97. The summed E-state index contributed by atoms with van der Waals surface area (Å²) in [6, 6.07) is 6.37. The Kier molecular flexibility index (Phi) is 3.60. The van der Waals surface area contributed by atoms with Gasteiger partial charge in [-0.3, -0.25) is 4.79 Å². The van der Waals surface area contributed by atoms with Crippen LogP contribution in [0.2, 0.25) is 0 Å². The van der Waals surface area contributed by atoms with Gasteiger partial charge < -0.3 is 4.74 Å². The van der Waals surface area contributed by atoms with Crippen LogP contribution in [-0.4, -0.2) is 12.6 Å². The van der Waals surface area contributed by atoms with Gasteiger partial charge in [0.25, 0.3) is 0 Å². The Bertz CT molecular complexity index is 382. The van der Waals surface area contributed by atoms with E-state index in [0.29, 0.717) is 13.0 Å². The zero-order valence-corrected chi connectivity index (χ0v) is 9.79. The third kappa shape index (κ3) is 2.63. The first-order valence-electron chi connectivity index (χ1n) is 6.06. The maximum absolute atomic E-state index is 11.4. The number of carbonyl (C=O) groups is 1. The number of esters is 1. The van der Waals surface area contributed by atoms with Gasteiger partial charge >= 0.3 is 5.97 Å². The molecule has 0 atom stereocenters. The summed E-state index contributed by atoms with van der Waals surface area (Å²) in [4.78, 5) is 11.4. The third-order valence-electron chi connectivity index (χ3n) is 2.98. The highest BCUT2D eigenvalue weighted by molar-refractivity contribution is 5.72. The van der Waals surface area contributed by atoms with E-state index in [9.17, 15) is 4.79 Å². The van der Waals surface area contributed by atoms with E-state index in [4.69, 9.17) is 4.74 Å². The van der Waals surface area contributed by atoms with Crippen LogP contribution in [0.3, 0.4) is 0 Å². The summed E-state index contributed by atoms with van der Waals surface area (Å²) in [5.41, 5.74) is 3.95. The topological polar surface area (TPSA) is 26.3 Å². The molecule has 0 saturated carbocycles. The third-order valence-corrected chi connectivity index (χ3v) is 2.98. The molecule has 16 heavy (non-hydrogen) atoms. The van der Waals surface area contributed by atoms with Crippen molar-refractivity contribution >= 4 is 5.97 Å². The monoisotopic (exact) mass is 218 g/mol. The number of hydrogen-bond acceptors (Lipinski definition) is 2. The summed E-state index contributed by atoms with van der Waals surface area (Å²) in [5, 5.41) is 0. The fraction of sp³-hybridized carbons (Fsp3) is 0.500. The van der Waals surface area contributed by atoms with Crippen molar-refractivity contribution in [3.63, 3.8) is 0 Å². The molecule has 0 heterocycles. The second-order valence-corrected chi connectivity index (χ2v) is 4.35. The van der Waals surface area contributed by atoms with Gasteiger partial charge in [0, 0.05) is 0 Å². The standard InChI is InChI=1S/C14H18O2/c1-2-8-16-14(15)10-11-6-7-12-4-3-5-13(12)9-11/h6-7,9H,2-5,8,10H2,1H3. The molecule has 1 aliphatic rings. The number of carbonyl (C=O) groups excluding carboxylic acids is 1. The van der Waals surface area contributed by atoms with Gasteiger partial charge in [0.1, 0.15) is 0 Å². The van der Waals surface area contributed by atoms with Gasteiger partial charge in [-0.1, -0.05) is 25.1 Å². The summed E-state index contributed by atoms with van der Waals surface area (Å²) in [6.07, 6.45) is 4.89.